The number of rotatable bonds is 3. The van der Waals surface area contributed by atoms with E-state index < -0.39 is 22.0 Å². The van der Waals surface area contributed by atoms with Gasteiger partial charge in [-0.05, 0) is 37.3 Å². The van der Waals surface area contributed by atoms with Crippen LogP contribution in [0.3, 0.4) is 0 Å². The highest BCUT2D eigenvalue weighted by Gasteiger charge is 2.51. The molecule has 1 aliphatic heterocycles. The summed E-state index contributed by atoms with van der Waals surface area (Å²) in [6.07, 6.45) is 3.97. The van der Waals surface area contributed by atoms with Gasteiger partial charge in [-0.3, -0.25) is 4.79 Å². The molecule has 5 nitrogen and oxygen atoms in total. The summed E-state index contributed by atoms with van der Waals surface area (Å²) in [5.74, 6) is -0.947. The van der Waals surface area contributed by atoms with E-state index in [1.54, 1.807) is 12.1 Å². The average Bonchev–Trinajstić information content (AvgIpc) is 2.88. The van der Waals surface area contributed by atoms with Crippen LogP contribution in [0.2, 0.25) is 5.02 Å². The van der Waals surface area contributed by atoms with Gasteiger partial charge in [0.05, 0.1) is 5.02 Å². The molecule has 1 saturated carbocycles. The summed E-state index contributed by atoms with van der Waals surface area (Å²) in [4.78, 5) is 11.6. The van der Waals surface area contributed by atoms with Gasteiger partial charge in [0, 0.05) is 6.04 Å². The molecule has 1 heterocycles. The van der Waals surface area contributed by atoms with Gasteiger partial charge in [-0.15, -0.1) is 0 Å². The zero-order valence-electron chi connectivity index (χ0n) is 12.0. The lowest BCUT2D eigenvalue weighted by atomic mass is 9.85. The standard InChI is InChI=1S/C15H18ClNO4S/c16-11-6-2-4-8-14(11)22(20,21)17-12-7-3-1-5-10(12)9-13(17)15(18)19/h2,4,6,8,10,12-13H,1,3,5,7,9H2,(H,18,19). The maximum Gasteiger partial charge on any atom is 0.322 e. The number of fused-ring (bicyclic) bond motifs is 1. The van der Waals surface area contributed by atoms with E-state index in [0.29, 0.717) is 6.42 Å². The molecule has 3 atom stereocenters. The van der Waals surface area contributed by atoms with E-state index >= 15 is 0 Å². The highest BCUT2D eigenvalue weighted by Crippen LogP contribution is 2.43. The van der Waals surface area contributed by atoms with Crippen LogP contribution in [-0.2, 0) is 14.8 Å². The van der Waals surface area contributed by atoms with Gasteiger partial charge >= 0.3 is 5.97 Å². The van der Waals surface area contributed by atoms with Gasteiger partial charge in [0.25, 0.3) is 0 Å². The van der Waals surface area contributed by atoms with Gasteiger partial charge < -0.3 is 5.11 Å². The molecule has 22 heavy (non-hydrogen) atoms. The van der Waals surface area contributed by atoms with Crippen LogP contribution in [0.15, 0.2) is 29.2 Å². The molecule has 0 spiro atoms. The Morgan fingerprint density at radius 1 is 1.23 bits per heavy atom. The number of carbonyl (C=O) groups is 1. The van der Waals surface area contributed by atoms with Crippen molar-refractivity contribution in [3.8, 4) is 0 Å². The molecule has 3 unspecified atom stereocenters. The maximum absolute atomic E-state index is 13.0. The van der Waals surface area contributed by atoms with Crippen molar-refractivity contribution in [1.82, 2.24) is 4.31 Å². The summed E-state index contributed by atoms with van der Waals surface area (Å²) in [7, 11) is -3.91. The third-order valence-electron chi connectivity index (χ3n) is 4.71. The smallest absolute Gasteiger partial charge is 0.322 e. The van der Waals surface area contributed by atoms with E-state index in [1.165, 1.54) is 16.4 Å². The predicted molar refractivity (Wildman–Crippen MR) is 82.3 cm³/mol. The Balaban J connectivity index is 2.06. The number of halogens is 1. The van der Waals surface area contributed by atoms with Crippen LogP contribution in [0.5, 0.6) is 0 Å². The molecular weight excluding hydrogens is 326 g/mol. The molecule has 1 saturated heterocycles. The first-order chi connectivity index (χ1) is 10.4. The van der Waals surface area contributed by atoms with E-state index in [0.717, 1.165) is 25.7 Å². The van der Waals surface area contributed by atoms with Crippen molar-refractivity contribution in [3.63, 3.8) is 0 Å². The molecular formula is C15H18ClNO4S. The van der Waals surface area contributed by atoms with Crippen molar-refractivity contribution in [1.29, 1.82) is 0 Å². The Labute approximate surface area is 134 Å². The van der Waals surface area contributed by atoms with Crippen LogP contribution in [-0.4, -0.2) is 35.9 Å². The Morgan fingerprint density at radius 3 is 2.59 bits per heavy atom. The molecule has 1 N–H and O–H groups in total. The molecule has 7 heteroatoms. The number of nitrogens with zero attached hydrogens (tertiary/aromatic N) is 1. The molecule has 0 radical (unpaired) electrons. The summed E-state index contributed by atoms with van der Waals surface area (Å²) in [5, 5.41) is 9.60. The summed E-state index contributed by atoms with van der Waals surface area (Å²) >= 11 is 6.04. The maximum atomic E-state index is 13.0. The lowest BCUT2D eigenvalue weighted by molar-refractivity contribution is -0.141. The second kappa shape index (κ2) is 5.83. The van der Waals surface area contributed by atoms with Crippen molar-refractivity contribution < 1.29 is 18.3 Å². The molecule has 0 amide bonds. The fraction of sp³-hybridized carbons (Fsp3) is 0.533. The van der Waals surface area contributed by atoms with Gasteiger partial charge in [0.2, 0.25) is 10.0 Å². The average molecular weight is 344 g/mol. The molecule has 0 aromatic heterocycles. The Kier molecular flexibility index (Phi) is 4.18. The molecule has 1 aromatic carbocycles. The molecule has 3 rings (SSSR count). The number of aliphatic carboxylic acids is 1. The number of hydrogen-bond acceptors (Lipinski definition) is 3. The second-order valence-electron chi connectivity index (χ2n) is 5.97. The highest BCUT2D eigenvalue weighted by atomic mass is 35.5. The lowest BCUT2D eigenvalue weighted by Crippen LogP contribution is -2.46. The summed E-state index contributed by atoms with van der Waals surface area (Å²) in [5.41, 5.74) is 0. The minimum atomic E-state index is -3.91. The number of sulfonamides is 1. The van der Waals surface area contributed by atoms with Crippen LogP contribution < -0.4 is 0 Å². The summed E-state index contributed by atoms with van der Waals surface area (Å²) in [6, 6.07) is 4.99. The van der Waals surface area contributed by atoms with Gasteiger partial charge in [-0.25, -0.2) is 8.42 Å². The normalized spacial score (nSPS) is 29.2. The van der Waals surface area contributed by atoms with Crippen molar-refractivity contribution >= 4 is 27.6 Å². The van der Waals surface area contributed by atoms with Crippen molar-refractivity contribution in [2.75, 3.05) is 0 Å². The minimum Gasteiger partial charge on any atom is -0.480 e. The van der Waals surface area contributed by atoms with Crippen molar-refractivity contribution in [3.05, 3.63) is 29.3 Å². The largest absolute Gasteiger partial charge is 0.480 e. The zero-order chi connectivity index (χ0) is 15.9. The molecule has 1 aromatic rings. The van der Waals surface area contributed by atoms with Gasteiger partial charge in [0.1, 0.15) is 10.9 Å². The van der Waals surface area contributed by atoms with Crippen LogP contribution in [0.1, 0.15) is 32.1 Å². The van der Waals surface area contributed by atoms with Crippen LogP contribution in [0.4, 0.5) is 0 Å². The molecule has 0 bridgehead atoms. The Bertz CT molecular complexity index is 691. The van der Waals surface area contributed by atoms with Gasteiger partial charge in [-0.2, -0.15) is 4.31 Å². The van der Waals surface area contributed by atoms with Crippen molar-refractivity contribution in [2.45, 2.75) is 49.1 Å². The number of carboxylic acids is 1. The zero-order valence-corrected chi connectivity index (χ0v) is 13.6. The third-order valence-corrected chi connectivity index (χ3v) is 7.14. The number of carboxylic acid groups (broad SMARTS) is 1. The quantitative estimate of drug-likeness (QED) is 0.915. The molecule has 1 aliphatic carbocycles. The lowest BCUT2D eigenvalue weighted by Gasteiger charge is -2.32. The second-order valence-corrected chi connectivity index (χ2v) is 8.19. The monoisotopic (exact) mass is 343 g/mol. The fourth-order valence-corrected chi connectivity index (χ4v) is 6.11. The van der Waals surface area contributed by atoms with Crippen molar-refractivity contribution in [2.24, 2.45) is 5.92 Å². The molecule has 2 aliphatic rings. The first-order valence-corrected chi connectivity index (χ1v) is 9.25. The minimum absolute atomic E-state index is 0.00543. The first kappa shape index (κ1) is 15.8. The van der Waals surface area contributed by atoms with E-state index in [4.69, 9.17) is 11.6 Å². The SMILES string of the molecule is O=C(O)C1CC2CCCCC2N1S(=O)(=O)c1ccccc1Cl. The summed E-state index contributed by atoms with van der Waals surface area (Å²) < 4.78 is 27.2. The van der Waals surface area contributed by atoms with E-state index in [9.17, 15) is 18.3 Å². The van der Waals surface area contributed by atoms with E-state index in [1.807, 2.05) is 0 Å². The van der Waals surface area contributed by atoms with E-state index in [2.05, 4.69) is 0 Å². The topological polar surface area (TPSA) is 74.7 Å². The predicted octanol–water partition coefficient (Wildman–Crippen LogP) is 2.75. The Morgan fingerprint density at radius 2 is 1.91 bits per heavy atom. The first-order valence-electron chi connectivity index (χ1n) is 7.44. The third kappa shape index (κ3) is 2.53. The van der Waals surface area contributed by atoms with Gasteiger partial charge in [0.15, 0.2) is 0 Å². The van der Waals surface area contributed by atoms with Crippen LogP contribution in [0, 0.1) is 5.92 Å². The highest BCUT2D eigenvalue weighted by molar-refractivity contribution is 7.89. The molecule has 2 fully saturated rings. The summed E-state index contributed by atoms with van der Waals surface area (Å²) in [6.45, 7) is 0. The number of hydrogen-bond donors (Lipinski definition) is 1. The number of benzene rings is 1. The van der Waals surface area contributed by atoms with Gasteiger partial charge in [-0.1, -0.05) is 36.6 Å². The fourth-order valence-electron chi connectivity index (χ4n) is 3.74. The molecule has 120 valence electrons. The van der Waals surface area contributed by atoms with E-state index in [-0.39, 0.29) is 21.9 Å². The van der Waals surface area contributed by atoms with Crippen LogP contribution in [0.25, 0.3) is 0 Å². The Hall–Kier alpha value is -1.11. The van der Waals surface area contributed by atoms with Crippen LogP contribution >= 0.6 is 11.6 Å².